The zero-order valence-corrected chi connectivity index (χ0v) is 10.4. The van der Waals surface area contributed by atoms with E-state index in [1.54, 1.807) is 7.11 Å². The van der Waals surface area contributed by atoms with Gasteiger partial charge in [-0.05, 0) is 19.9 Å². The van der Waals surface area contributed by atoms with Crippen molar-refractivity contribution in [1.82, 2.24) is 9.55 Å². The van der Waals surface area contributed by atoms with Crippen LogP contribution in [-0.2, 0) is 6.54 Å². The van der Waals surface area contributed by atoms with Crippen LogP contribution in [-0.4, -0.2) is 16.7 Å². The van der Waals surface area contributed by atoms with Gasteiger partial charge in [0.2, 0.25) is 0 Å². The molecule has 0 amide bonds. The second kappa shape index (κ2) is 4.49. The van der Waals surface area contributed by atoms with Crippen molar-refractivity contribution in [3.8, 4) is 5.75 Å². The first-order chi connectivity index (χ1) is 8.11. The van der Waals surface area contributed by atoms with Crippen LogP contribution in [0.15, 0.2) is 24.5 Å². The molecule has 2 N–H and O–H groups in total. The van der Waals surface area contributed by atoms with E-state index in [0.29, 0.717) is 5.69 Å². The first-order valence-corrected chi connectivity index (χ1v) is 5.52. The number of anilines is 1. The van der Waals surface area contributed by atoms with Gasteiger partial charge < -0.3 is 15.0 Å². The minimum atomic E-state index is 0.712. The van der Waals surface area contributed by atoms with E-state index in [-0.39, 0.29) is 0 Å². The fourth-order valence-electron chi connectivity index (χ4n) is 1.78. The van der Waals surface area contributed by atoms with Crippen LogP contribution in [0.5, 0.6) is 5.75 Å². The summed E-state index contributed by atoms with van der Waals surface area (Å²) in [6, 6.07) is 5.72. The highest BCUT2D eigenvalue weighted by atomic mass is 16.5. The number of nitrogens with two attached hydrogens (primary N) is 1. The standard InChI is InChI=1S/C13H17N3O/c1-9-10(2)16(8-15-9)7-11-4-5-12(14)6-13(11)17-3/h4-6,8H,7,14H2,1-3H3. The zero-order chi connectivity index (χ0) is 12.4. The molecule has 0 spiro atoms. The lowest BCUT2D eigenvalue weighted by molar-refractivity contribution is 0.408. The van der Waals surface area contributed by atoms with Gasteiger partial charge in [0.15, 0.2) is 0 Å². The molecule has 4 heteroatoms. The first-order valence-electron chi connectivity index (χ1n) is 5.52. The van der Waals surface area contributed by atoms with Crippen molar-refractivity contribution in [3.63, 3.8) is 0 Å². The van der Waals surface area contributed by atoms with Crippen molar-refractivity contribution in [2.45, 2.75) is 20.4 Å². The third-order valence-electron chi connectivity index (χ3n) is 3.00. The molecular formula is C13H17N3O. The summed E-state index contributed by atoms with van der Waals surface area (Å²) in [5.41, 5.74) is 9.77. The average Bonchev–Trinajstić information content (AvgIpc) is 2.63. The van der Waals surface area contributed by atoms with Gasteiger partial charge in [0.25, 0.3) is 0 Å². The lowest BCUT2D eigenvalue weighted by Gasteiger charge is -2.11. The van der Waals surface area contributed by atoms with Crippen molar-refractivity contribution in [2.75, 3.05) is 12.8 Å². The SMILES string of the molecule is COc1cc(N)ccc1Cn1cnc(C)c1C. The predicted octanol–water partition coefficient (Wildman–Crippen LogP) is 2.14. The van der Waals surface area contributed by atoms with Gasteiger partial charge in [0, 0.05) is 23.0 Å². The molecule has 0 aliphatic heterocycles. The van der Waals surface area contributed by atoms with Crippen LogP contribution in [0.4, 0.5) is 5.69 Å². The highest BCUT2D eigenvalue weighted by Gasteiger charge is 2.07. The van der Waals surface area contributed by atoms with Crippen LogP contribution in [0.3, 0.4) is 0 Å². The first kappa shape index (κ1) is 11.5. The van der Waals surface area contributed by atoms with Crippen molar-refractivity contribution < 1.29 is 4.74 Å². The fourth-order valence-corrected chi connectivity index (χ4v) is 1.78. The van der Waals surface area contributed by atoms with Crippen LogP contribution >= 0.6 is 0 Å². The normalized spacial score (nSPS) is 10.5. The number of aromatic nitrogens is 2. The number of nitrogens with zero attached hydrogens (tertiary/aromatic N) is 2. The van der Waals surface area contributed by atoms with Gasteiger partial charge in [-0.1, -0.05) is 6.07 Å². The molecule has 0 radical (unpaired) electrons. The van der Waals surface area contributed by atoms with E-state index in [2.05, 4.69) is 16.5 Å². The second-order valence-electron chi connectivity index (χ2n) is 4.11. The lowest BCUT2D eigenvalue weighted by atomic mass is 10.1. The molecule has 0 saturated carbocycles. The molecule has 0 aliphatic rings. The molecule has 0 unspecified atom stereocenters. The van der Waals surface area contributed by atoms with Gasteiger partial charge in [0.05, 0.1) is 25.7 Å². The van der Waals surface area contributed by atoms with Crippen LogP contribution in [0.25, 0.3) is 0 Å². The van der Waals surface area contributed by atoms with E-state index in [9.17, 15) is 0 Å². The topological polar surface area (TPSA) is 53.1 Å². The molecule has 2 aromatic rings. The smallest absolute Gasteiger partial charge is 0.125 e. The number of aryl methyl sites for hydroxylation is 1. The summed E-state index contributed by atoms with van der Waals surface area (Å²) in [5, 5.41) is 0. The van der Waals surface area contributed by atoms with E-state index in [0.717, 1.165) is 23.6 Å². The number of hydrogen-bond donors (Lipinski definition) is 1. The second-order valence-corrected chi connectivity index (χ2v) is 4.11. The molecule has 90 valence electrons. The Balaban J connectivity index is 2.33. The summed E-state index contributed by atoms with van der Waals surface area (Å²) in [4.78, 5) is 4.28. The third kappa shape index (κ3) is 2.25. The number of benzene rings is 1. The molecule has 0 fully saturated rings. The molecule has 1 heterocycles. The van der Waals surface area contributed by atoms with Crippen LogP contribution < -0.4 is 10.5 Å². The Kier molecular flexibility index (Phi) is 3.04. The highest BCUT2D eigenvalue weighted by Crippen LogP contribution is 2.23. The van der Waals surface area contributed by atoms with Gasteiger partial charge in [-0.25, -0.2) is 4.98 Å². The van der Waals surface area contributed by atoms with Gasteiger partial charge in [-0.3, -0.25) is 0 Å². The molecule has 0 bridgehead atoms. The van der Waals surface area contributed by atoms with Crippen molar-refractivity contribution in [2.24, 2.45) is 0 Å². The third-order valence-corrected chi connectivity index (χ3v) is 3.00. The minimum Gasteiger partial charge on any atom is -0.496 e. The molecular weight excluding hydrogens is 214 g/mol. The number of hydrogen-bond acceptors (Lipinski definition) is 3. The summed E-state index contributed by atoms with van der Waals surface area (Å²) in [6.45, 7) is 4.81. The van der Waals surface area contributed by atoms with Crippen molar-refractivity contribution in [3.05, 3.63) is 41.5 Å². The maximum absolute atomic E-state index is 5.73. The van der Waals surface area contributed by atoms with Crippen molar-refractivity contribution >= 4 is 5.69 Å². The van der Waals surface area contributed by atoms with E-state index in [1.807, 2.05) is 31.5 Å². The summed E-state index contributed by atoms with van der Waals surface area (Å²) in [5.74, 6) is 0.816. The average molecular weight is 231 g/mol. The summed E-state index contributed by atoms with van der Waals surface area (Å²) >= 11 is 0. The quantitative estimate of drug-likeness (QED) is 0.823. The maximum atomic E-state index is 5.73. The Morgan fingerprint density at radius 3 is 2.71 bits per heavy atom. The highest BCUT2D eigenvalue weighted by molar-refractivity contribution is 5.48. The monoisotopic (exact) mass is 231 g/mol. The Labute approximate surface area is 101 Å². The molecule has 2 rings (SSSR count). The Hall–Kier alpha value is -1.97. The van der Waals surface area contributed by atoms with E-state index >= 15 is 0 Å². The molecule has 0 aliphatic carbocycles. The van der Waals surface area contributed by atoms with E-state index in [4.69, 9.17) is 10.5 Å². The Morgan fingerprint density at radius 2 is 2.12 bits per heavy atom. The number of ether oxygens (including phenoxy) is 1. The molecule has 0 saturated heterocycles. The van der Waals surface area contributed by atoms with E-state index < -0.39 is 0 Å². The number of imidazole rings is 1. The molecule has 17 heavy (non-hydrogen) atoms. The van der Waals surface area contributed by atoms with Crippen LogP contribution in [0, 0.1) is 13.8 Å². The van der Waals surface area contributed by atoms with E-state index in [1.165, 1.54) is 5.69 Å². The summed E-state index contributed by atoms with van der Waals surface area (Å²) in [7, 11) is 1.66. The molecule has 1 aromatic carbocycles. The van der Waals surface area contributed by atoms with Crippen LogP contribution in [0.2, 0.25) is 0 Å². The molecule has 4 nitrogen and oxygen atoms in total. The number of rotatable bonds is 3. The maximum Gasteiger partial charge on any atom is 0.125 e. The van der Waals surface area contributed by atoms with Crippen molar-refractivity contribution in [1.29, 1.82) is 0 Å². The van der Waals surface area contributed by atoms with Gasteiger partial charge in [0.1, 0.15) is 5.75 Å². The van der Waals surface area contributed by atoms with Crippen LogP contribution in [0.1, 0.15) is 17.0 Å². The molecule has 1 aromatic heterocycles. The van der Waals surface area contributed by atoms with Gasteiger partial charge in [-0.2, -0.15) is 0 Å². The largest absolute Gasteiger partial charge is 0.496 e. The lowest BCUT2D eigenvalue weighted by Crippen LogP contribution is -2.03. The minimum absolute atomic E-state index is 0.712. The predicted molar refractivity (Wildman–Crippen MR) is 68.2 cm³/mol. The number of methoxy groups -OCH3 is 1. The van der Waals surface area contributed by atoms with Gasteiger partial charge in [-0.15, -0.1) is 0 Å². The summed E-state index contributed by atoms with van der Waals surface area (Å²) < 4.78 is 7.43. The Bertz CT molecular complexity index is 531. The summed E-state index contributed by atoms with van der Waals surface area (Å²) in [6.07, 6.45) is 1.85. The number of nitrogen functional groups attached to an aromatic ring is 1. The fraction of sp³-hybridized carbons (Fsp3) is 0.308. The van der Waals surface area contributed by atoms with Gasteiger partial charge >= 0.3 is 0 Å². The Morgan fingerprint density at radius 1 is 1.35 bits per heavy atom. The zero-order valence-electron chi connectivity index (χ0n) is 10.4. The molecule has 0 atom stereocenters.